The highest BCUT2D eigenvalue weighted by Gasteiger charge is 2.01. The second-order valence-corrected chi connectivity index (χ2v) is 2.81. The predicted octanol–water partition coefficient (Wildman–Crippen LogP) is 2.45. The summed E-state index contributed by atoms with van der Waals surface area (Å²) in [6, 6.07) is 6.42. The molecule has 0 aliphatic heterocycles. The highest BCUT2D eigenvalue weighted by molar-refractivity contribution is 5.56. The van der Waals surface area contributed by atoms with Gasteiger partial charge in [-0.25, -0.2) is 9.18 Å². The molecule has 0 aliphatic carbocycles. The summed E-state index contributed by atoms with van der Waals surface area (Å²) in [6.07, 6.45) is -0.314. The fraction of sp³-hybridized carbons (Fsp3) is 0.300. The molecule has 0 radical (unpaired) electrons. The second kappa shape index (κ2) is 5.21. The smallest absolute Gasteiger partial charge is 0.450 e. The molecule has 0 heterocycles. The van der Waals surface area contributed by atoms with Crippen molar-refractivity contribution in [1.82, 2.24) is 0 Å². The molecule has 3 nitrogen and oxygen atoms in total. The van der Waals surface area contributed by atoms with Gasteiger partial charge in [-0.1, -0.05) is 18.2 Å². The normalized spacial score (nSPS) is 9.79. The molecule has 0 saturated heterocycles. The van der Waals surface area contributed by atoms with Crippen molar-refractivity contribution < 1.29 is 19.0 Å². The lowest BCUT2D eigenvalue weighted by atomic mass is 10.1. The summed E-state index contributed by atoms with van der Waals surface area (Å²) < 4.78 is 17.3. The second-order valence-electron chi connectivity index (χ2n) is 2.81. The fourth-order valence-corrected chi connectivity index (χ4v) is 1.12. The number of hydrogen-bond donors (Lipinski definition) is 1. The van der Waals surface area contributed by atoms with Crippen LogP contribution in [0.3, 0.4) is 0 Å². The van der Waals surface area contributed by atoms with Crippen LogP contribution in [0, 0.1) is 5.82 Å². The van der Waals surface area contributed by atoms with Gasteiger partial charge in [0.15, 0.2) is 0 Å². The standard InChI is InChI=1S/C10H11FO3/c11-9-6-2-1-4-8(9)5-3-7-14-10(12)13/h1-2,4,6H,3,5,7H2,(H,12,13). The van der Waals surface area contributed by atoms with E-state index in [0.717, 1.165) is 0 Å². The minimum absolute atomic E-state index is 0.101. The Bertz CT molecular complexity index is 312. The SMILES string of the molecule is O=C(O)OCCCc1ccccc1F. The third kappa shape index (κ3) is 3.43. The van der Waals surface area contributed by atoms with E-state index >= 15 is 0 Å². The molecule has 0 unspecified atom stereocenters. The number of carboxylic acid groups (broad SMARTS) is 1. The molecule has 0 bridgehead atoms. The summed E-state index contributed by atoms with van der Waals surface area (Å²) >= 11 is 0. The van der Waals surface area contributed by atoms with Crippen molar-refractivity contribution in [3.8, 4) is 0 Å². The summed E-state index contributed by atoms with van der Waals surface area (Å²) in [5.41, 5.74) is 0.585. The molecule has 76 valence electrons. The van der Waals surface area contributed by atoms with E-state index in [1.807, 2.05) is 0 Å². The number of hydrogen-bond acceptors (Lipinski definition) is 2. The van der Waals surface area contributed by atoms with Gasteiger partial charge in [-0.2, -0.15) is 0 Å². The van der Waals surface area contributed by atoms with Crippen molar-refractivity contribution in [2.45, 2.75) is 12.8 Å². The Balaban J connectivity index is 2.31. The third-order valence-corrected chi connectivity index (χ3v) is 1.77. The number of rotatable bonds is 4. The van der Waals surface area contributed by atoms with Crippen molar-refractivity contribution in [3.63, 3.8) is 0 Å². The Kier molecular flexibility index (Phi) is 3.91. The lowest BCUT2D eigenvalue weighted by Crippen LogP contribution is -2.03. The zero-order chi connectivity index (χ0) is 10.4. The van der Waals surface area contributed by atoms with Gasteiger partial charge in [-0.15, -0.1) is 0 Å². The van der Waals surface area contributed by atoms with Crippen molar-refractivity contribution in [2.24, 2.45) is 0 Å². The zero-order valence-electron chi connectivity index (χ0n) is 7.57. The Morgan fingerprint density at radius 1 is 1.43 bits per heavy atom. The fourth-order valence-electron chi connectivity index (χ4n) is 1.12. The van der Waals surface area contributed by atoms with Gasteiger partial charge < -0.3 is 9.84 Å². The average molecular weight is 198 g/mol. The average Bonchev–Trinajstić information content (AvgIpc) is 2.15. The highest BCUT2D eigenvalue weighted by atomic mass is 19.1. The Morgan fingerprint density at radius 2 is 2.14 bits per heavy atom. The maximum absolute atomic E-state index is 13.0. The molecule has 0 atom stereocenters. The Hall–Kier alpha value is -1.58. The number of carbonyl (C=O) groups is 1. The highest BCUT2D eigenvalue weighted by Crippen LogP contribution is 2.08. The van der Waals surface area contributed by atoms with Gasteiger partial charge in [0.1, 0.15) is 5.82 Å². The van der Waals surface area contributed by atoms with Gasteiger partial charge in [-0.3, -0.25) is 0 Å². The van der Waals surface area contributed by atoms with Crippen LogP contribution in [-0.2, 0) is 11.2 Å². The van der Waals surface area contributed by atoms with E-state index in [2.05, 4.69) is 4.74 Å². The third-order valence-electron chi connectivity index (χ3n) is 1.77. The zero-order valence-corrected chi connectivity index (χ0v) is 7.57. The van der Waals surface area contributed by atoms with E-state index in [-0.39, 0.29) is 12.4 Å². The number of benzene rings is 1. The number of aryl methyl sites for hydroxylation is 1. The van der Waals surface area contributed by atoms with E-state index in [4.69, 9.17) is 5.11 Å². The summed E-state index contributed by atoms with van der Waals surface area (Å²) in [5, 5.41) is 8.17. The predicted molar refractivity (Wildman–Crippen MR) is 48.7 cm³/mol. The van der Waals surface area contributed by atoms with E-state index in [1.165, 1.54) is 6.07 Å². The van der Waals surface area contributed by atoms with E-state index in [0.29, 0.717) is 18.4 Å². The van der Waals surface area contributed by atoms with Crippen LogP contribution in [0.4, 0.5) is 9.18 Å². The van der Waals surface area contributed by atoms with Crippen LogP contribution in [0.2, 0.25) is 0 Å². The van der Waals surface area contributed by atoms with Crippen LogP contribution in [-0.4, -0.2) is 17.9 Å². The molecule has 14 heavy (non-hydrogen) atoms. The van der Waals surface area contributed by atoms with Crippen LogP contribution >= 0.6 is 0 Å². The maximum Gasteiger partial charge on any atom is 0.505 e. The monoisotopic (exact) mass is 198 g/mol. The van der Waals surface area contributed by atoms with Crippen molar-refractivity contribution in [3.05, 3.63) is 35.6 Å². The lowest BCUT2D eigenvalue weighted by Gasteiger charge is -2.02. The first-order valence-electron chi connectivity index (χ1n) is 4.29. The van der Waals surface area contributed by atoms with Crippen LogP contribution in [0.25, 0.3) is 0 Å². The Labute approximate surface area is 81.1 Å². The van der Waals surface area contributed by atoms with Gasteiger partial charge in [0, 0.05) is 0 Å². The molecule has 1 aromatic carbocycles. The van der Waals surface area contributed by atoms with Crippen molar-refractivity contribution >= 4 is 6.16 Å². The van der Waals surface area contributed by atoms with Crippen LogP contribution in [0.1, 0.15) is 12.0 Å². The minimum Gasteiger partial charge on any atom is -0.450 e. The summed E-state index contributed by atoms with van der Waals surface area (Å²) in [7, 11) is 0. The lowest BCUT2D eigenvalue weighted by molar-refractivity contribution is 0.0907. The number of halogens is 1. The van der Waals surface area contributed by atoms with Crippen LogP contribution < -0.4 is 0 Å². The first-order valence-corrected chi connectivity index (χ1v) is 4.29. The van der Waals surface area contributed by atoms with Gasteiger partial charge in [0.2, 0.25) is 0 Å². The molecule has 4 heteroatoms. The van der Waals surface area contributed by atoms with Crippen LogP contribution in [0.15, 0.2) is 24.3 Å². The van der Waals surface area contributed by atoms with E-state index in [9.17, 15) is 9.18 Å². The van der Waals surface area contributed by atoms with Gasteiger partial charge in [-0.05, 0) is 24.5 Å². The molecule has 0 saturated carbocycles. The largest absolute Gasteiger partial charge is 0.505 e. The molecule has 0 spiro atoms. The van der Waals surface area contributed by atoms with Crippen LogP contribution in [0.5, 0.6) is 0 Å². The first kappa shape index (κ1) is 10.5. The number of ether oxygens (including phenoxy) is 1. The Morgan fingerprint density at radius 3 is 2.79 bits per heavy atom. The molecular formula is C10H11FO3. The van der Waals surface area contributed by atoms with Gasteiger partial charge in [0.25, 0.3) is 0 Å². The molecule has 0 fully saturated rings. The summed E-state index contributed by atoms with van der Waals surface area (Å²) in [6.45, 7) is 0.101. The van der Waals surface area contributed by atoms with Gasteiger partial charge >= 0.3 is 6.16 Å². The van der Waals surface area contributed by atoms with E-state index < -0.39 is 6.16 Å². The summed E-state index contributed by atoms with van der Waals surface area (Å²) in [5.74, 6) is -0.261. The first-order chi connectivity index (χ1) is 6.70. The molecule has 1 aromatic rings. The van der Waals surface area contributed by atoms with E-state index in [1.54, 1.807) is 18.2 Å². The minimum atomic E-state index is -1.29. The molecular weight excluding hydrogens is 187 g/mol. The summed E-state index contributed by atoms with van der Waals surface area (Å²) in [4.78, 5) is 9.98. The quantitative estimate of drug-likeness (QED) is 0.597. The topological polar surface area (TPSA) is 46.5 Å². The van der Waals surface area contributed by atoms with Crippen molar-refractivity contribution in [2.75, 3.05) is 6.61 Å². The molecule has 1 rings (SSSR count). The molecule has 0 amide bonds. The maximum atomic E-state index is 13.0. The van der Waals surface area contributed by atoms with Crippen molar-refractivity contribution in [1.29, 1.82) is 0 Å². The molecule has 1 N–H and O–H groups in total. The molecule has 0 aromatic heterocycles. The van der Waals surface area contributed by atoms with Gasteiger partial charge in [0.05, 0.1) is 6.61 Å². The molecule has 0 aliphatic rings.